The number of benzene rings is 3. The number of nitrogens with one attached hydrogen (secondary N) is 1. The molecule has 166 valence electrons. The van der Waals surface area contributed by atoms with E-state index in [1.807, 2.05) is 60.7 Å². The van der Waals surface area contributed by atoms with Gasteiger partial charge in [0.2, 0.25) is 0 Å². The number of imidazole rings is 1. The van der Waals surface area contributed by atoms with E-state index in [1.165, 1.54) is 12.1 Å². The fraction of sp³-hybridized carbons (Fsp3) is 0.120. The number of carbonyl (C=O) groups is 1. The van der Waals surface area contributed by atoms with E-state index in [9.17, 15) is 14.9 Å². The molecule has 1 aromatic heterocycles. The first-order valence-electron chi connectivity index (χ1n) is 10.3. The molecule has 0 radical (unpaired) electrons. The Balaban J connectivity index is 1.61. The summed E-state index contributed by atoms with van der Waals surface area (Å²) in [6, 6.07) is 24.0. The van der Waals surface area contributed by atoms with Gasteiger partial charge >= 0.3 is 5.97 Å². The van der Waals surface area contributed by atoms with Crippen LogP contribution in [-0.4, -0.2) is 20.9 Å². The molecule has 3 N–H and O–H groups in total. The van der Waals surface area contributed by atoms with E-state index in [4.69, 9.17) is 10.5 Å². The maximum absolute atomic E-state index is 13.2. The van der Waals surface area contributed by atoms with Crippen molar-refractivity contribution in [1.29, 1.82) is 0 Å². The van der Waals surface area contributed by atoms with Gasteiger partial charge in [-0.1, -0.05) is 60.7 Å². The number of hydrogen-bond donors (Lipinski definition) is 2. The number of rotatable bonds is 8. The molecule has 0 saturated carbocycles. The number of nitro benzene ring substituents is 1. The molecule has 4 rings (SSSR count). The van der Waals surface area contributed by atoms with Crippen molar-refractivity contribution >= 4 is 11.7 Å². The number of nitro groups is 1. The third kappa shape index (κ3) is 5.13. The highest BCUT2D eigenvalue weighted by atomic mass is 16.6. The van der Waals surface area contributed by atoms with Gasteiger partial charge in [0.05, 0.1) is 10.6 Å². The number of carbonyl (C=O) groups excluding carboxylic acids is 1. The largest absolute Gasteiger partial charge is 0.460 e. The van der Waals surface area contributed by atoms with E-state index in [2.05, 4.69) is 9.97 Å². The molecular weight excluding hydrogens is 420 g/mol. The lowest BCUT2D eigenvalue weighted by molar-refractivity contribution is -0.384. The number of nitrogens with two attached hydrogens (primary N) is 1. The van der Waals surface area contributed by atoms with E-state index < -0.39 is 22.9 Å². The van der Waals surface area contributed by atoms with Gasteiger partial charge in [0.1, 0.15) is 18.3 Å². The first-order chi connectivity index (χ1) is 16.0. The molecule has 33 heavy (non-hydrogen) atoms. The van der Waals surface area contributed by atoms with Gasteiger partial charge in [-0.3, -0.25) is 14.9 Å². The molecule has 1 unspecified atom stereocenters. The maximum Gasteiger partial charge on any atom is 0.317 e. The molecular formula is C25H22N4O4. The van der Waals surface area contributed by atoms with Gasteiger partial charge in [0.15, 0.2) is 0 Å². The van der Waals surface area contributed by atoms with Crippen LogP contribution in [0.5, 0.6) is 0 Å². The van der Waals surface area contributed by atoms with Crippen molar-refractivity contribution in [2.45, 2.75) is 18.6 Å². The van der Waals surface area contributed by atoms with Crippen molar-refractivity contribution in [2.24, 2.45) is 5.73 Å². The molecule has 0 bridgehead atoms. The predicted molar refractivity (Wildman–Crippen MR) is 123 cm³/mol. The van der Waals surface area contributed by atoms with Crippen LogP contribution in [0.3, 0.4) is 0 Å². The summed E-state index contributed by atoms with van der Waals surface area (Å²) in [5.74, 6) is -0.828. The minimum absolute atomic E-state index is 0.0148. The molecule has 1 heterocycles. The van der Waals surface area contributed by atoms with E-state index in [1.54, 1.807) is 18.3 Å². The number of non-ortho nitro benzene ring substituents is 1. The summed E-state index contributed by atoms with van der Waals surface area (Å²) in [6.45, 7) is 0.126. The molecule has 0 amide bonds. The SMILES string of the molecule is NC(c1ccccc1)[C@H](C(=O)OCc1ccccc1)c1cnc(-c2ccc([N+](=O)[O-])cc2)[nH]1. The number of hydrogen-bond acceptors (Lipinski definition) is 6. The molecule has 0 aliphatic rings. The quantitative estimate of drug-likeness (QED) is 0.235. The van der Waals surface area contributed by atoms with Crippen molar-refractivity contribution in [2.75, 3.05) is 0 Å². The molecule has 0 saturated heterocycles. The lowest BCUT2D eigenvalue weighted by atomic mass is 9.91. The van der Waals surface area contributed by atoms with Gasteiger partial charge in [-0.2, -0.15) is 0 Å². The maximum atomic E-state index is 13.2. The van der Waals surface area contributed by atoms with Gasteiger partial charge in [0, 0.05) is 29.9 Å². The van der Waals surface area contributed by atoms with E-state index in [-0.39, 0.29) is 12.3 Å². The Bertz CT molecular complexity index is 1220. The summed E-state index contributed by atoms with van der Waals surface area (Å²) in [5, 5.41) is 10.9. The number of ether oxygens (including phenoxy) is 1. The van der Waals surface area contributed by atoms with Gasteiger partial charge in [0.25, 0.3) is 5.69 Å². The average Bonchev–Trinajstić information content (AvgIpc) is 3.33. The molecule has 0 spiro atoms. The highest BCUT2D eigenvalue weighted by Gasteiger charge is 2.32. The average molecular weight is 442 g/mol. The molecule has 3 aromatic carbocycles. The highest BCUT2D eigenvalue weighted by Crippen LogP contribution is 2.31. The van der Waals surface area contributed by atoms with Crippen LogP contribution in [0.15, 0.2) is 91.1 Å². The minimum Gasteiger partial charge on any atom is -0.460 e. The van der Waals surface area contributed by atoms with Crippen LogP contribution in [0.2, 0.25) is 0 Å². The van der Waals surface area contributed by atoms with Crippen LogP contribution < -0.4 is 5.73 Å². The summed E-state index contributed by atoms with van der Waals surface area (Å²) < 4.78 is 5.60. The highest BCUT2D eigenvalue weighted by molar-refractivity contribution is 5.79. The second-order valence-corrected chi connectivity index (χ2v) is 7.50. The number of aromatic nitrogens is 2. The van der Waals surface area contributed by atoms with E-state index >= 15 is 0 Å². The zero-order valence-corrected chi connectivity index (χ0v) is 17.6. The Morgan fingerprint density at radius 1 is 1.00 bits per heavy atom. The van der Waals surface area contributed by atoms with Crippen molar-refractivity contribution < 1.29 is 14.5 Å². The topological polar surface area (TPSA) is 124 Å². The number of H-pyrrole nitrogens is 1. The summed E-state index contributed by atoms with van der Waals surface area (Å²) in [4.78, 5) is 31.1. The fourth-order valence-electron chi connectivity index (χ4n) is 3.53. The smallest absolute Gasteiger partial charge is 0.317 e. The Morgan fingerprint density at radius 3 is 2.27 bits per heavy atom. The van der Waals surface area contributed by atoms with Gasteiger partial charge < -0.3 is 15.5 Å². The normalized spacial score (nSPS) is 12.6. The monoisotopic (exact) mass is 442 g/mol. The summed E-state index contributed by atoms with van der Waals surface area (Å²) in [5.41, 5.74) is 9.30. The molecule has 8 nitrogen and oxygen atoms in total. The Kier molecular flexibility index (Phi) is 6.56. The second kappa shape index (κ2) is 9.88. The van der Waals surface area contributed by atoms with Crippen LogP contribution in [0.4, 0.5) is 5.69 Å². The van der Waals surface area contributed by atoms with Crippen molar-refractivity contribution in [3.8, 4) is 11.4 Å². The zero-order valence-electron chi connectivity index (χ0n) is 17.6. The molecule has 8 heteroatoms. The summed E-state index contributed by atoms with van der Waals surface area (Å²) >= 11 is 0. The van der Waals surface area contributed by atoms with Crippen LogP contribution in [0.25, 0.3) is 11.4 Å². The fourth-order valence-corrected chi connectivity index (χ4v) is 3.53. The zero-order chi connectivity index (χ0) is 23.2. The van der Waals surface area contributed by atoms with Gasteiger partial charge in [-0.05, 0) is 23.3 Å². The second-order valence-electron chi connectivity index (χ2n) is 7.50. The minimum atomic E-state index is -0.824. The first kappa shape index (κ1) is 21.9. The molecule has 0 aliphatic heterocycles. The molecule has 4 aromatic rings. The van der Waals surface area contributed by atoms with Gasteiger partial charge in [-0.25, -0.2) is 4.98 Å². The molecule has 2 atom stereocenters. The summed E-state index contributed by atoms with van der Waals surface area (Å²) in [6.07, 6.45) is 1.55. The van der Waals surface area contributed by atoms with Crippen LogP contribution in [0.1, 0.15) is 28.8 Å². The number of nitrogens with zero attached hydrogens (tertiary/aromatic N) is 2. The first-order valence-corrected chi connectivity index (χ1v) is 10.3. The number of aromatic amines is 1. The Morgan fingerprint density at radius 2 is 1.64 bits per heavy atom. The third-order valence-electron chi connectivity index (χ3n) is 5.30. The third-order valence-corrected chi connectivity index (χ3v) is 5.30. The van der Waals surface area contributed by atoms with Gasteiger partial charge in [-0.15, -0.1) is 0 Å². The predicted octanol–water partition coefficient (Wildman–Crippen LogP) is 4.51. The van der Waals surface area contributed by atoms with Crippen molar-refractivity contribution in [1.82, 2.24) is 9.97 Å². The Hall–Kier alpha value is -4.30. The van der Waals surface area contributed by atoms with Crippen LogP contribution in [0, 0.1) is 10.1 Å². The molecule has 0 fully saturated rings. The summed E-state index contributed by atoms with van der Waals surface area (Å²) in [7, 11) is 0. The van der Waals surface area contributed by atoms with Crippen molar-refractivity contribution in [3.63, 3.8) is 0 Å². The van der Waals surface area contributed by atoms with E-state index in [0.717, 1.165) is 11.1 Å². The Labute approximate surface area is 190 Å². The lowest BCUT2D eigenvalue weighted by Gasteiger charge is -2.22. The standard InChI is InChI=1S/C25H22N4O4/c26-23(18-9-5-2-6-10-18)22(25(30)33-16-17-7-3-1-4-8-17)21-15-27-24(28-21)19-11-13-20(14-12-19)29(31)32/h1-15,22-23H,16,26H2,(H,27,28)/t22-,23?/m1/s1. The van der Waals surface area contributed by atoms with Crippen LogP contribution >= 0.6 is 0 Å². The number of esters is 1. The van der Waals surface area contributed by atoms with Crippen LogP contribution in [-0.2, 0) is 16.1 Å². The van der Waals surface area contributed by atoms with Crippen molar-refractivity contribution in [3.05, 3.63) is 118 Å². The van der Waals surface area contributed by atoms with E-state index in [0.29, 0.717) is 17.1 Å². The lowest BCUT2D eigenvalue weighted by Crippen LogP contribution is -2.28. The molecule has 0 aliphatic carbocycles.